The summed E-state index contributed by atoms with van der Waals surface area (Å²) in [5, 5.41) is 5.51. The summed E-state index contributed by atoms with van der Waals surface area (Å²) in [5.41, 5.74) is 8.36. The van der Waals surface area contributed by atoms with Crippen LogP contribution in [0, 0.1) is 0 Å². The number of para-hydroxylation sites is 1. The van der Waals surface area contributed by atoms with E-state index in [0.717, 1.165) is 22.3 Å². The first-order chi connectivity index (χ1) is 8.38. The van der Waals surface area contributed by atoms with E-state index in [1.54, 1.807) is 6.20 Å². The second-order valence-electron chi connectivity index (χ2n) is 3.81. The average molecular weight is 224 g/mol. The number of aromatic nitrogens is 3. The molecular weight excluding hydrogens is 212 g/mol. The van der Waals surface area contributed by atoms with Crippen molar-refractivity contribution in [1.82, 2.24) is 14.8 Å². The molecule has 3 rings (SSSR count). The smallest absolute Gasteiger partial charge is 0.0958 e. The molecule has 0 bridgehead atoms. The number of benzene rings is 1. The van der Waals surface area contributed by atoms with Crippen molar-refractivity contribution in [3.63, 3.8) is 0 Å². The molecule has 0 aliphatic carbocycles. The summed E-state index contributed by atoms with van der Waals surface area (Å²) in [4.78, 5) is 4.40. The van der Waals surface area contributed by atoms with E-state index < -0.39 is 0 Å². The topological polar surface area (TPSA) is 56.7 Å². The van der Waals surface area contributed by atoms with E-state index in [1.165, 1.54) is 0 Å². The van der Waals surface area contributed by atoms with Crippen molar-refractivity contribution in [2.75, 3.05) is 0 Å². The average Bonchev–Trinajstić information content (AvgIpc) is 2.87. The molecule has 17 heavy (non-hydrogen) atoms. The molecule has 0 aliphatic heterocycles. The van der Waals surface area contributed by atoms with Crippen LogP contribution in [0.25, 0.3) is 16.6 Å². The number of pyridine rings is 1. The first-order valence-corrected chi connectivity index (χ1v) is 5.47. The van der Waals surface area contributed by atoms with Crippen molar-refractivity contribution < 1.29 is 0 Å². The molecule has 0 atom stereocenters. The molecule has 2 N–H and O–H groups in total. The van der Waals surface area contributed by atoms with Crippen LogP contribution >= 0.6 is 0 Å². The molecule has 0 spiro atoms. The van der Waals surface area contributed by atoms with Gasteiger partial charge in [0.15, 0.2) is 0 Å². The first kappa shape index (κ1) is 9.99. The van der Waals surface area contributed by atoms with Crippen molar-refractivity contribution in [2.45, 2.75) is 6.54 Å². The van der Waals surface area contributed by atoms with E-state index in [0.29, 0.717) is 6.54 Å². The maximum absolute atomic E-state index is 5.56. The van der Waals surface area contributed by atoms with Gasteiger partial charge in [0.25, 0.3) is 0 Å². The van der Waals surface area contributed by atoms with Gasteiger partial charge in [0.2, 0.25) is 0 Å². The summed E-state index contributed by atoms with van der Waals surface area (Å²) in [6, 6.07) is 11.9. The number of hydrogen-bond acceptors (Lipinski definition) is 3. The normalized spacial score (nSPS) is 10.9. The second kappa shape index (κ2) is 3.99. The molecule has 0 aliphatic rings. The number of fused-ring (bicyclic) bond motifs is 1. The minimum atomic E-state index is 0.450. The molecule has 0 amide bonds. The van der Waals surface area contributed by atoms with E-state index in [2.05, 4.69) is 10.1 Å². The Bertz CT molecular complexity index is 652. The molecule has 0 radical (unpaired) electrons. The Balaban J connectivity index is 2.23. The standard InChI is InChI=1S/C13H12N4/c14-9-11-6-8-17(16-11)12-5-1-3-10-4-2-7-15-13(10)12/h1-8H,9,14H2. The zero-order chi connectivity index (χ0) is 11.7. The zero-order valence-electron chi connectivity index (χ0n) is 9.24. The summed E-state index contributed by atoms with van der Waals surface area (Å²) < 4.78 is 1.82. The Morgan fingerprint density at radius 2 is 2.00 bits per heavy atom. The Kier molecular flexibility index (Phi) is 2.34. The Morgan fingerprint density at radius 3 is 2.82 bits per heavy atom. The Labute approximate surface area is 98.7 Å². The Morgan fingerprint density at radius 1 is 1.12 bits per heavy atom. The Hall–Kier alpha value is -2.20. The van der Waals surface area contributed by atoms with Gasteiger partial charge < -0.3 is 5.73 Å². The third-order valence-electron chi connectivity index (χ3n) is 2.71. The number of nitrogens with two attached hydrogens (primary N) is 1. The SMILES string of the molecule is NCc1ccn(-c2cccc3cccnc23)n1. The lowest BCUT2D eigenvalue weighted by atomic mass is 10.2. The molecule has 2 heterocycles. The van der Waals surface area contributed by atoms with E-state index in [-0.39, 0.29) is 0 Å². The summed E-state index contributed by atoms with van der Waals surface area (Å²) in [7, 11) is 0. The molecule has 0 fully saturated rings. The van der Waals surface area contributed by atoms with Crippen LogP contribution in [-0.2, 0) is 6.54 Å². The maximum Gasteiger partial charge on any atom is 0.0958 e. The van der Waals surface area contributed by atoms with Crippen LogP contribution in [0.2, 0.25) is 0 Å². The van der Waals surface area contributed by atoms with Gasteiger partial charge in [-0.15, -0.1) is 0 Å². The minimum Gasteiger partial charge on any atom is -0.325 e. The fraction of sp³-hybridized carbons (Fsp3) is 0.0769. The minimum absolute atomic E-state index is 0.450. The summed E-state index contributed by atoms with van der Waals surface area (Å²) in [6.07, 6.45) is 3.70. The highest BCUT2D eigenvalue weighted by Crippen LogP contribution is 2.19. The van der Waals surface area contributed by atoms with E-state index in [1.807, 2.05) is 47.3 Å². The second-order valence-corrected chi connectivity index (χ2v) is 3.81. The van der Waals surface area contributed by atoms with Crippen LogP contribution in [0.1, 0.15) is 5.69 Å². The maximum atomic E-state index is 5.56. The van der Waals surface area contributed by atoms with Crippen LogP contribution in [-0.4, -0.2) is 14.8 Å². The molecule has 1 aromatic carbocycles. The molecule has 4 heteroatoms. The van der Waals surface area contributed by atoms with Crippen LogP contribution in [0.3, 0.4) is 0 Å². The van der Waals surface area contributed by atoms with Gasteiger partial charge in [-0.05, 0) is 18.2 Å². The molecular formula is C13H12N4. The van der Waals surface area contributed by atoms with Crippen molar-refractivity contribution >= 4 is 10.9 Å². The van der Waals surface area contributed by atoms with E-state index >= 15 is 0 Å². The first-order valence-electron chi connectivity index (χ1n) is 5.47. The highest BCUT2D eigenvalue weighted by atomic mass is 15.3. The molecule has 0 saturated carbocycles. The summed E-state index contributed by atoms with van der Waals surface area (Å²) in [5.74, 6) is 0. The van der Waals surface area contributed by atoms with Gasteiger partial charge in [-0.25, -0.2) is 4.68 Å². The summed E-state index contributed by atoms with van der Waals surface area (Å²) in [6.45, 7) is 0.450. The molecule has 0 saturated heterocycles. The predicted molar refractivity (Wildman–Crippen MR) is 66.8 cm³/mol. The predicted octanol–water partition coefficient (Wildman–Crippen LogP) is 1.88. The van der Waals surface area contributed by atoms with Gasteiger partial charge in [-0.1, -0.05) is 18.2 Å². The molecule has 4 nitrogen and oxygen atoms in total. The number of rotatable bonds is 2. The molecule has 2 aromatic heterocycles. The lowest BCUT2D eigenvalue weighted by Crippen LogP contribution is -2.01. The van der Waals surface area contributed by atoms with Gasteiger partial charge in [0, 0.05) is 24.3 Å². The third-order valence-corrected chi connectivity index (χ3v) is 2.71. The van der Waals surface area contributed by atoms with Crippen LogP contribution < -0.4 is 5.73 Å². The lowest BCUT2D eigenvalue weighted by Gasteiger charge is -2.05. The fourth-order valence-electron chi connectivity index (χ4n) is 1.88. The van der Waals surface area contributed by atoms with Crippen molar-refractivity contribution in [2.24, 2.45) is 5.73 Å². The van der Waals surface area contributed by atoms with Crippen molar-refractivity contribution in [3.05, 3.63) is 54.5 Å². The molecule has 84 valence electrons. The lowest BCUT2D eigenvalue weighted by molar-refractivity contribution is 0.837. The highest BCUT2D eigenvalue weighted by molar-refractivity contribution is 5.86. The van der Waals surface area contributed by atoms with E-state index in [9.17, 15) is 0 Å². The van der Waals surface area contributed by atoms with Crippen LogP contribution in [0.5, 0.6) is 0 Å². The molecule has 0 unspecified atom stereocenters. The number of hydrogen-bond donors (Lipinski definition) is 1. The largest absolute Gasteiger partial charge is 0.325 e. The van der Waals surface area contributed by atoms with E-state index in [4.69, 9.17) is 5.73 Å². The van der Waals surface area contributed by atoms with Gasteiger partial charge in [0.1, 0.15) is 0 Å². The van der Waals surface area contributed by atoms with Crippen LogP contribution in [0.15, 0.2) is 48.8 Å². The third kappa shape index (κ3) is 1.68. The summed E-state index contributed by atoms with van der Waals surface area (Å²) >= 11 is 0. The van der Waals surface area contributed by atoms with Gasteiger partial charge in [-0.2, -0.15) is 5.10 Å². The van der Waals surface area contributed by atoms with Crippen molar-refractivity contribution in [3.8, 4) is 5.69 Å². The highest BCUT2D eigenvalue weighted by Gasteiger charge is 2.05. The number of nitrogens with zero attached hydrogens (tertiary/aromatic N) is 3. The van der Waals surface area contributed by atoms with Gasteiger partial charge in [0.05, 0.1) is 16.9 Å². The quantitative estimate of drug-likeness (QED) is 0.723. The van der Waals surface area contributed by atoms with Gasteiger partial charge >= 0.3 is 0 Å². The van der Waals surface area contributed by atoms with Gasteiger partial charge in [-0.3, -0.25) is 4.98 Å². The van der Waals surface area contributed by atoms with Crippen LogP contribution in [0.4, 0.5) is 0 Å². The molecule has 3 aromatic rings. The monoisotopic (exact) mass is 224 g/mol. The van der Waals surface area contributed by atoms with Crippen molar-refractivity contribution in [1.29, 1.82) is 0 Å². The zero-order valence-corrected chi connectivity index (χ0v) is 9.24. The fourth-order valence-corrected chi connectivity index (χ4v) is 1.88.